The van der Waals surface area contributed by atoms with Crippen LogP contribution < -0.4 is 0 Å². The van der Waals surface area contributed by atoms with Gasteiger partial charge in [0.25, 0.3) is 0 Å². The van der Waals surface area contributed by atoms with Crippen molar-refractivity contribution in [3.63, 3.8) is 0 Å². The van der Waals surface area contributed by atoms with E-state index in [0.717, 1.165) is 6.42 Å². The third kappa shape index (κ3) is 2.59. The van der Waals surface area contributed by atoms with Gasteiger partial charge in [0.2, 0.25) is 0 Å². The monoisotopic (exact) mass is 442 g/mol. The molecule has 0 aromatic heterocycles. The molecule has 0 radical (unpaired) electrons. The highest BCUT2D eigenvalue weighted by Crippen LogP contribution is 2.89. The molecule has 1 unspecified atom stereocenters. The Morgan fingerprint density at radius 3 is 1.61 bits per heavy atom. The molecular formula is C33H46. The summed E-state index contributed by atoms with van der Waals surface area (Å²) in [7, 11) is 0. The van der Waals surface area contributed by atoms with Crippen molar-refractivity contribution in [1.29, 1.82) is 0 Å². The smallest absolute Gasteiger partial charge is 0.0527 e. The largest absolute Gasteiger partial charge is 0.0581 e. The zero-order valence-electron chi connectivity index (χ0n) is 23.9. The second kappa shape index (κ2) is 5.80. The van der Waals surface area contributed by atoms with Crippen LogP contribution in [0.5, 0.6) is 0 Å². The Hall–Kier alpha value is -1.56. The Morgan fingerprint density at radius 1 is 0.606 bits per heavy atom. The van der Waals surface area contributed by atoms with E-state index >= 15 is 0 Å². The summed E-state index contributed by atoms with van der Waals surface area (Å²) in [6.07, 6.45) is 1.15. The van der Waals surface area contributed by atoms with Crippen LogP contribution in [0.4, 0.5) is 0 Å². The van der Waals surface area contributed by atoms with Gasteiger partial charge in [0.1, 0.15) is 0 Å². The maximum Gasteiger partial charge on any atom is 0.0527 e. The van der Waals surface area contributed by atoms with Crippen LogP contribution in [0.2, 0.25) is 0 Å². The van der Waals surface area contributed by atoms with E-state index in [1.54, 1.807) is 50.1 Å². The minimum atomic E-state index is 0.103. The molecular weight excluding hydrogens is 396 g/mol. The van der Waals surface area contributed by atoms with Crippen molar-refractivity contribution < 1.29 is 0 Å². The fourth-order valence-corrected chi connectivity index (χ4v) is 7.93. The molecule has 1 atom stereocenters. The predicted octanol–water partition coefficient (Wildman–Crippen LogP) is 9.33. The Bertz CT molecular complexity index is 1210. The SMILES string of the molecule is CC(C)(C)C1=C2C(C(C)(C)C)=C3C4=C1c1ccc(C(C)(C)C)c(c1C(C)(C)C)CC(C)(C)C423. The van der Waals surface area contributed by atoms with Gasteiger partial charge in [-0.15, -0.1) is 0 Å². The van der Waals surface area contributed by atoms with Gasteiger partial charge in [-0.1, -0.05) is 109 Å². The fourth-order valence-electron chi connectivity index (χ4n) is 7.93. The summed E-state index contributed by atoms with van der Waals surface area (Å²) in [4.78, 5) is 0. The van der Waals surface area contributed by atoms with Crippen LogP contribution in [0.1, 0.15) is 119 Å². The summed E-state index contributed by atoms with van der Waals surface area (Å²) in [5.41, 5.74) is 17.3. The highest BCUT2D eigenvalue weighted by atomic mass is 14.8. The quantitative estimate of drug-likeness (QED) is 0.375. The van der Waals surface area contributed by atoms with E-state index in [9.17, 15) is 0 Å². The molecule has 1 aromatic rings. The maximum absolute atomic E-state index is 2.57. The van der Waals surface area contributed by atoms with Gasteiger partial charge in [0.05, 0.1) is 5.41 Å². The molecule has 1 spiro atoms. The average Bonchev–Trinajstić information content (AvgIpc) is 3.01. The van der Waals surface area contributed by atoms with Gasteiger partial charge in [-0.25, -0.2) is 0 Å². The summed E-state index contributed by atoms with van der Waals surface area (Å²) >= 11 is 0. The van der Waals surface area contributed by atoms with Crippen molar-refractivity contribution in [1.82, 2.24) is 0 Å². The van der Waals surface area contributed by atoms with Gasteiger partial charge in [-0.2, -0.15) is 0 Å². The lowest BCUT2D eigenvalue weighted by molar-refractivity contribution is 0.231. The van der Waals surface area contributed by atoms with Gasteiger partial charge >= 0.3 is 0 Å². The average molecular weight is 443 g/mol. The van der Waals surface area contributed by atoms with Crippen LogP contribution in [0.25, 0.3) is 5.57 Å². The Labute approximate surface area is 203 Å². The fraction of sp³-hybridized carbons (Fsp3) is 0.636. The lowest BCUT2D eigenvalue weighted by Crippen LogP contribution is -2.39. The molecule has 33 heavy (non-hydrogen) atoms. The summed E-state index contributed by atoms with van der Waals surface area (Å²) in [6, 6.07) is 4.98. The van der Waals surface area contributed by atoms with Gasteiger partial charge in [0.15, 0.2) is 0 Å². The standard InChI is InChI=1S/C33H46/c1-28(2,3)20-16-15-18-21-23(30(7,8)9)26-25(31(10,11)12)27-24(21)33(26,27)32(13,14)17-19(20)22(18)29(4,5)6/h15-16H,17H2,1-14H3. The molecule has 1 saturated carbocycles. The second-order valence-electron chi connectivity index (χ2n) is 16.1. The molecule has 0 nitrogen and oxygen atoms in total. The van der Waals surface area contributed by atoms with Crippen LogP contribution in [0.15, 0.2) is 40.0 Å². The summed E-state index contributed by atoms with van der Waals surface area (Å²) in [6.45, 7) is 34.2. The first-order valence-corrected chi connectivity index (χ1v) is 13.1. The van der Waals surface area contributed by atoms with Crippen LogP contribution in [-0.2, 0) is 17.3 Å². The van der Waals surface area contributed by atoms with Crippen molar-refractivity contribution in [2.75, 3.05) is 0 Å². The predicted molar refractivity (Wildman–Crippen MR) is 144 cm³/mol. The molecule has 0 heteroatoms. The molecule has 4 aliphatic rings. The van der Waals surface area contributed by atoms with E-state index in [2.05, 4.69) is 109 Å². The zero-order valence-corrected chi connectivity index (χ0v) is 23.9. The zero-order chi connectivity index (χ0) is 24.9. The number of allylic oxidation sites excluding steroid dienone is 6. The van der Waals surface area contributed by atoms with Crippen molar-refractivity contribution in [3.05, 3.63) is 62.3 Å². The van der Waals surface area contributed by atoms with Gasteiger partial charge < -0.3 is 0 Å². The van der Waals surface area contributed by atoms with E-state index in [4.69, 9.17) is 0 Å². The molecule has 1 fully saturated rings. The Kier molecular flexibility index (Phi) is 4.08. The molecule has 178 valence electrons. The van der Waals surface area contributed by atoms with Crippen LogP contribution in [0, 0.1) is 21.7 Å². The minimum absolute atomic E-state index is 0.103. The first-order chi connectivity index (χ1) is 14.7. The normalized spacial score (nSPS) is 25.8. The third-order valence-electron chi connectivity index (χ3n) is 8.84. The van der Waals surface area contributed by atoms with Crippen molar-refractivity contribution in [2.45, 2.75) is 114 Å². The van der Waals surface area contributed by atoms with Crippen molar-refractivity contribution >= 4 is 5.57 Å². The molecule has 0 saturated heterocycles. The van der Waals surface area contributed by atoms with E-state index in [-0.39, 0.29) is 32.5 Å². The second-order valence-corrected chi connectivity index (χ2v) is 16.1. The summed E-state index contributed by atoms with van der Waals surface area (Å²) < 4.78 is 0. The van der Waals surface area contributed by atoms with Crippen molar-refractivity contribution in [2.24, 2.45) is 21.7 Å². The molecule has 4 bridgehead atoms. The number of hydrogen-bond donors (Lipinski definition) is 0. The Balaban J connectivity index is 1.97. The molecule has 4 aliphatic carbocycles. The molecule has 5 rings (SSSR count). The van der Waals surface area contributed by atoms with Crippen LogP contribution >= 0.6 is 0 Å². The summed E-state index contributed by atoms with van der Waals surface area (Å²) in [5, 5.41) is 0. The topological polar surface area (TPSA) is 0 Å². The lowest BCUT2D eigenvalue weighted by atomic mass is 9.55. The van der Waals surface area contributed by atoms with Crippen molar-refractivity contribution in [3.8, 4) is 0 Å². The number of rotatable bonds is 0. The minimum Gasteiger partial charge on any atom is -0.0581 e. The number of fused-ring (bicyclic) bond motifs is 3. The third-order valence-corrected chi connectivity index (χ3v) is 8.84. The highest BCUT2D eigenvalue weighted by Gasteiger charge is 2.79. The van der Waals surface area contributed by atoms with E-state index in [1.807, 2.05) is 0 Å². The molecule has 0 aliphatic heterocycles. The van der Waals surface area contributed by atoms with Crippen LogP contribution in [0.3, 0.4) is 0 Å². The van der Waals surface area contributed by atoms with E-state index in [0.29, 0.717) is 0 Å². The summed E-state index contributed by atoms with van der Waals surface area (Å²) in [5.74, 6) is 0. The number of benzene rings is 1. The van der Waals surface area contributed by atoms with Gasteiger partial charge in [-0.05, 0) is 89.2 Å². The van der Waals surface area contributed by atoms with Gasteiger partial charge in [0, 0.05) is 0 Å². The van der Waals surface area contributed by atoms with E-state index < -0.39 is 0 Å². The number of hydrogen-bond acceptors (Lipinski definition) is 0. The first-order valence-electron chi connectivity index (χ1n) is 13.1. The molecule has 1 aromatic carbocycles. The first kappa shape index (κ1) is 23.2. The molecule has 0 heterocycles. The lowest BCUT2D eigenvalue weighted by Gasteiger charge is -2.47. The van der Waals surface area contributed by atoms with Gasteiger partial charge in [-0.3, -0.25) is 0 Å². The van der Waals surface area contributed by atoms with E-state index in [1.165, 1.54) is 5.56 Å². The Morgan fingerprint density at radius 2 is 1.15 bits per heavy atom. The molecule has 0 N–H and O–H groups in total. The van der Waals surface area contributed by atoms with Crippen LogP contribution in [-0.4, -0.2) is 0 Å². The molecule has 0 amide bonds. The highest BCUT2D eigenvalue weighted by molar-refractivity contribution is 6.09. The maximum atomic E-state index is 2.57.